The number of rotatable bonds is 3. The van der Waals surface area contributed by atoms with Crippen molar-refractivity contribution in [3.63, 3.8) is 0 Å². The van der Waals surface area contributed by atoms with Gasteiger partial charge in [0.1, 0.15) is 6.07 Å². The van der Waals surface area contributed by atoms with E-state index in [9.17, 15) is 5.26 Å². The first-order valence-electron chi connectivity index (χ1n) is 6.30. The topological polar surface area (TPSA) is 36.3 Å². The van der Waals surface area contributed by atoms with E-state index < -0.39 is 0 Å². The summed E-state index contributed by atoms with van der Waals surface area (Å²) in [5.41, 5.74) is 1.77. The summed E-state index contributed by atoms with van der Waals surface area (Å²) in [6.45, 7) is 4.74. The SMILES string of the molecule is CCOC1CCN(c2ccc(Br)cc2C#N)CC1. The molecule has 18 heavy (non-hydrogen) atoms. The molecule has 0 spiro atoms. The summed E-state index contributed by atoms with van der Waals surface area (Å²) >= 11 is 3.40. The molecule has 3 nitrogen and oxygen atoms in total. The standard InChI is InChI=1S/C14H17BrN2O/c1-2-18-13-5-7-17(8-6-13)14-4-3-12(15)9-11(14)10-16/h3-4,9,13H,2,5-8H2,1H3. The Kier molecular flexibility index (Phi) is 4.62. The van der Waals surface area contributed by atoms with Crippen LogP contribution >= 0.6 is 15.9 Å². The number of hydrogen-bond donors (Lipinski definition) is 0. The second kappa shape index (κ2) is 6.21. The summed E-state index contributed by atoms with van der Waals surface area (Å²) in [6.07, 6.45) is 2.45. The van der Waals surface area contributed by atoms with Crippen molar-refractivity contribution in [2.24, 2.45) is 0 Å². The molecule has 4 heteroatoms. The van der Waals surface area contributed by atoms with E-state index in [2.05, 4.69) is 26.9 Å². The number of nitriles is 1. The highest BCUT2D eigenvalue weighted by molar-refractivity contribution is 9.10. The first-order chi connectivity index (χ1) is 8.74. The third-order valence-electron chi connectivity index (χ3n) is 3.26. The lowest BCUT2D eigenvalue weighted by atomic mass is 10.1. The van der Waals surface area contributed by atoms with Crippen LogP contribution in [-0.4, -0.2) is 25.8 Å². The van der Waals surface area contributed by atoms with E-state index in [1.165, 1.54) is 0 Å². The Morgan fingerprint density at radius 2 is 2.17 bits per heavy atom. The van der Waals surface area contributed by atoms with Crippen LogP contribution in [0.3, 0.4) is 0 Å². The van der Waals surface area contributed by atoms with Crippen LogP contribution in [0.2, 0.25) is 0 Å². The van der Waals surface area contributed by atoms with Crippen LogP contribution in [0.25, 0.3) is 0 Å². The van der Waals surface area contributed by atoms with Gasteiger partial charge < -0.3 is 9.64 Å². The van der Waals surface area contributed by atoms with Crippen molar-refractivity contribution in [2.75, 3.05) is 24.6 Å². The first kappa shape index (κ1) is 13.4. The maximum Gasteiger partial charge on any atom is 0.101 e. The Balaban J connectivity index is 2.08. The smallest absolute Gasteiger partial charge is 0.101 e. The molecule has 0 aliphatic carbocycles. The van der Waals surface area contributed by atoms with Gasteiger partial charge in [-0.1, -0.05) is 15.9 Å². The number of piperidine rings is 1. The molecule has 0 saturated carbocycles. The van der Waals surface area contributed by atoms with Gasteiger partial charge in [0, 0.05) is 24.2 Å². The minimum Gasteiger partial charge on any atom is -0.378 e. The molecule has 1 saturated heterocycles. The monoisotopic (exact) mass is 308 g/mol. The maximum atomic E-state index is 9.19. The quantitative estimate of drug-likeness (QED) is 0.859. The van der Waals surface area contributed by atoms with Gasteiger partial charge in [-0.15, -0.1) is 0 Å². The molecule has 1 aromatic rings. The van der Waals surface area contributed by atoms with E-state index in [0.29, 0.717) is 6.10 Å². The largest absolute Gasteiger partial charge is 0.378 e. The summed E-state index contributed by atoms with van der Waals surface area (Å²) in [7, 11) is 0. The molecular formula is C14H17BrN2O. The van der Waals surface area contributed by atoms with Crippen LogP contribution in [0, 0.1) is 11.3 Å². The summed E-state index contributed by atoms with van der Waals surface area (Å²) in [6, 6.07) is 8.15. The van der Waals surface area contributed by atoms with Crippen molar-refractivity contribution in [1.29, 1.82) is 5.26 Å². The van der Waals surface area contributed by atoms with Crippen molar-refractivity contribution in [1.82, 2.24) is 0 Å². The summed E-state index contributed by atoms with van der Waals surface area (Å²) in [5, 5.41) is 9.19. The Labute approximate surface area is 116 Å². The molecule has 1 heterocycles. The molecular weight excluding hydrogens is 292 g/mol. The Morgan fingerprint density at radius 3 is 2.78 bits per heavy atom. The zero-order chi connectivity index (χ0) is 13.0. The lowest BCUT2D eigenvalue weighted by Gasteiger charge is -2.33. The Hall–Kier alpha value is -1.05. The van der Waals surface area contributed by atoms with Gasteiger partial charge in [-0.05, 0) is 38.0 Å². The summed E-state index contributed by atoms with van der Waals surface area (Å²) < 4.78 is 6.59. The number of ether oxygens (including phenoxy) is 1. The van der Waals surface area contributed by atoms with Crippen LogP contribution in [-0.2, 0) is 4.74 Å². The minimum absolute atomic E-state index is 0.382. The van der Waals surface area contributed by atoms with Gasteiger partial charge in [0.25, 0.3) is 0 Å². The highest BCUT2D eigenvalue weighted by Crippen LogP contribution is 2.27. The minimum atomic E-state index is 0.382. The molecule has 0 aromatic heterocycles. The molecule has 0 N–H and O–H groups in total. The third-order valence-corrected chi connectivity index (χ3v) is 3.76. The highest BCUT2D eigenvalue weighted by Gasteiger charge is 2.21. The molecule has 0 radical (unpaired) electrons. The Morgan fingerprint density at radius 1 is 1.44 bits per heavy atom. The molecule has 0 atom stereocenters. The van der Waals surface area contributed by atoms with E-state index in [0.717, 1.165) is 48.3 Å². The van der Waals surface area contributed by atoms with Crippen molar-refractivity contribution in [3.8, 4) is 6.07 Å². The number of anilines is 1. The molecule has 2 rings (SSSR count). The van der Waals surface area contributed by atoms with Crippen molar-refractivity contribution < 1.29 is 4.74 Å². The summed E-state index contributed by atoms with van der Waals surface area (Å²) in [4.78, 5) is 2.28. The molecule has 1 aliphatic heterocycles. The van der Waals surface area contributed by atoms with Gasteiger partial charge in [-0.2, -0.15) is 5.26 Å². The van der Waals surface area contributed by atoms with E-state index in [4.69, 9.17) is 4.74 Å². The highest BCUT2D eigenvalue weighted by atomic mass is 79.9. The maximum absolute atomic E-state index is 9.19. The van der Waals surface area contributed by atoms with Crippen molar-refractivity contribution in [3.05, 3.63) is 28.2 Å². The van der Waals surface area contributed by atoms with Gasteiger partial charge in [-0.3, -0.25) is 0 Å². The average molecular weight is 309 g/mol. The molecule has 0 bridgehead atoms. The van der Waals surface area contributed by atoms with Crippen molar-refractivity contribution >= 4 is 21.6 Å². The van der Waals surface area contributed by atoms with E-state index in [-0.39, 0.29) is 0 Å². The second-order valence-corrected chi connectivity index (χ2v) is 5.33. The van der Waals surface area contributed by atoms with Crippen LogP contribution in [0.1, 0.15) is 25.3 Å². The van der Waals surface area contributed by atoms with Crippen molar-refractivity contribution in [2.45, 2.75) is 25.9 Å². The number of hydrogen-bond acceptors (Lipinski definition) is 3. The van der Waals surface area contributed by atoms with E-state index in [1.807, 2.05) is 25.1 Å². The van der Waals surface area contributed by atoms with Crippen LogP contribution < -0.4 is 4.90 Å². The van der Waals surface area contributed by atoms with E-state index >= 15 is 0 Å². The zero-order valence-corrected chi connectivity index (χ0v) is 12.1. The number of benzene rings is 1. The fraction of sp³-hybridized carbons (Fsp3) is 0.500. The zero-order valence-electron chi connectivity index (χ0n) is 10.5. The van der Waals surface area contributed by atoms with Gasteiger partial charge >= 0.3 is 0 Å². The van der Waals surface area contributed by atoms with Gasteiger partial charge in [0.2, 0.25) is 0 Å². The van der Waals surface area contributed by atoms with Gasteiger partial charge in [-0.25, -0.2) is 0 Å². The molecule has 1 fully saturated rings. The number of nitrogens with zero attached hydrogens (tertiary/aromatic N) is 2. The Bertz CT molecular complexity index is 448. The molecule has 1 aromatic carbocycles. The van der Waals surface area contributed by atoms with Crippen LogP contribution in [0.15, 0.2) is 22.7 Å². The molecule has 0 amide bonds. The molecule has 96 valence electrons. The normalized spacial score (nSPS) is 16.6. The van der Waals surface area contributed by atoms with Gasteiger partial charge in [0.15, 0.2) is 0 Å². The molecule has 0 unspecified atom stereocenters. The van der Waals surface area contributed by atoms with Crippen LogP contribution in [0.5, 0.6) is 0 Å². The number of halogens is 1. The van der Waals surface area contributed by atoms with E-state index in [1.54, 1.807) is 0 Å². The third kappa shape index (κ3) is 3.04. The lowest BCUT2D eigenvalue weighted by molar-refractivity contribution is 0.0459. The fourth-order valence-corrected chi connectivity index (χ4v) is 2.73. The predicted octanol–water partition coefficient (Wildman–Crippen LogP) is 3.33. The predicted molar refractivity (Wildman–Crippen MR) is 75.7 cm³/mol. The average Bonchev–Trinajstić information content (AvgIpc) is 2.40. The fourth-order valence-electron chi connectivity index (χ4n) is 2.37. The molecule has 1 aliphatic rings. The second-order valence-electron chi connectivity index (χ2n) is 4.42. The lowest BCUT2D eigenvalue weighted by Crippen LogP contribution is -2.37. The summed E-state index contributed by atoms with van der Waals surface area (Å²) in [5.74, 6) is 0. The first-order valence-corrected chi connectivity index (χ1v) is 7.10. The van der Waals surface area contributed by atoms with Gasteiger partial charge in [0.05, 0.1) is 17.4 Å². The van der Waals surface area contributed by atoms with Crippen LogP contribution in [0.4, 0.5) is 5.69 Å².